The molecule has 2 aromatic rings. The monoisotopic (exact) mass is 338 g/mol. The summed E-state index contributed by atoms with van der Waals surface area (Å²) < 4.78 is 0. The van der Waals surface area contributed by atoms with Crippen molar-refractivity contribution < 1.29 is 14.4 Å². The van der Waals surface area contributed by atoms with Crippen LogP contribution in [0.1, 0.15) is 0 Å². The first-order chi connectivity index (χ1) is 12.1. The van der Waals surface area contributed by atoms with E-state index in [1.54, 1.807) is 9.80 Å². The molecule has 2 aliphatic heterocycles. The molecule has 0 saturated carbocycles. The Bertz CT molecular complexity index is 861. The van der Waals surface area contributed by atoms with E-state index in [1.165, 1.54) is 0 Å². The fourth-order valence-electron chi connectivity index (χ4n) is 3.43. The normalized spacial score (nSPS) is 20.2. The highest BCUT2D eigenvalue weighted by molar-refractivity contribution is 6.35. The van der Waals surface area contributed by atoms with Crippen LogP contribution in [-0.2, 0) is 9.59 Å². The number of urea groups is 1. The van der Waals surface area contributed by atoms with Crippen LogP contribution in [0.15, 0.2) is 42.5 Å². The van der Waals surface area contributed by atoms with Crippen LogP contribution >= 0.6 is 0 Å². The van der Waals surface area contributed by atoms with Gasteiger partial charge in [0.2, 0.25) is 0 Å². The maximum absolute atomic E-state index is 12.7. The van der Waals surface area contributed by atoms with Crippen LogP contribution < -0.4 is 10.6 Å². The molecule has 4 rings (SSSR count). The molecule has 0 radical (unpaired) electrons. The van der Waals surface area contributed by atoms with Gasteiger partial charge in [0.05, 0.1) is 11.7 Å². The third kappa shape index (κ3) is 2.77. The number of anilines is 1. The number of carbonyl (C=O) groups excluding carboxylic acids is 3. The fraction of sp³-hybridized carbons (Fsp3) is 0.278. The Morgan fingerprint density at radius 3 is 2.76 bits per heavy atom. The first-order valence-corrected chi connectivity index (χ1v) is 8.26. The summed E-state index contributed by atoms with van der Waals surface area (Å²) in [6, 6.07) is 13.3. The minimum absolute atomic E-state index is 0.169. The predicted molar refractivity (Wildman–Crippen MR) is 93.1 cm³/mol. The molecule has 0 aromatic heterocycles. The minimum atomic E-state index is -0.565. The molecule has 0 aliphatic carbocycles. The van der Waals surface area contributed by atoms with Crippen LogP contribution in [0.3, 0.4) is 0 Å². The van der Waals surface area contributed by atoms with Crippen molar-refractivity contribution in [2.45, 2.75) is 6.04 Å². The second-order valence-corrected chi connectivity index (χ2v) is 6.27. The quantitative estimate of drug-likeness (QED) is 0.762. The molecule has 1 atom stereocenters. The van der Waals surface area contributed by atoms with Crippen LogP contribution in [0.2, 0.25) is 0 Å². The Morgan fingerprint density at radius 1 is 1.08 bits per heavy atom. The molecule has 2 heterocycles. The van der Waals surface area contributed by atoms with Gasteiger partial charge in [0.1, 0.15) is 0 Å². The molecule has 2 N–H and O–H groups in total. The van der Waals surface area contributed by atoms with E-state index in [2.05, 4.69) is 10.6 Å². The number of rotatable bonds is 1. The standard InChI is InChI=1S/C18H18N4O3/c23-16-17(24)22-9-8-21(11-13(22)10-19-16)18(25)20-15-7-3-5-12-4-1-2-6-14(12)15/h1-7,13H,8-11H2,(H,19,23)(H,20,25)/t13-/m0/s1. The number of nitrogens with zero attached hydrogens (tertiary/aromatic N) is 2. The summed E-state index contributed by atoms with van der Waals surface area (Å²) in [5.74, 6) is -1.07. The highest BCUT2D eigenvalue weighted by Gasteiger charge is 2.38. The van der Waals surface area contributed by atoms with Gasteiger partial charge in [-0.05, 0) is 11.5 Å². The predicted octanol–water partition coefficient (Wildman–Crippen LogP) is 1.01. The van der Waals surface area contributed by atoms with Gasteiger partial charge in [-0.1, -0.05) is 36.4 Å². The zero-order valence-corrected chi connectivity index (χ0v) is 13.6. The van der Waals surface area contributed by atoms with Crippen LogP contribution in [0.25, 0.3) is 10.8 Å². The Kier molecular flexibility index (Phi) is 3.76. The smallest absolute Gasteiger partial charge is 0.321 e. The van der Waals surface area contributed by atoms with Crippen molar-refractivity contribution in [3.05, 3.63) is 42.5 Å². The summed E-state index contributed by atoms with van der Waals surface area (Å²) in [7, 11) is 0. The number of nitrogens with one attached hydrogen (secondary N) is 2. The largest absolute Gasteiger partial charge is 0.346 e. The third-order valence-electron chi connectivity index (χ3n) is 4.75. The van der Waals surface area contributed by atoms with Crippen LogP contribution in [0.4, 0.5) is 10.5 Å². The number of hydrogen-bond acceptors (Lipinski definition) is 3. The Morgan fingerprint density at radius 2 is 1.88 bits per heavy atom. The summed E-state index contributed by atoms with van der Waals surface area (Å²) in [5, 5.41) is 7.59. The van der Waals surface area contributed by atoms with Gasteiger partial charge in [0.15, 0.2) is 0 Å². The van der Waals surface area contributed by atoms with E-state index in [0.29, 0.717) is 26.2 Å². The highest BCUT2D eigenvalue weighted by atomic mass is 16.2. The number of fused-ring (bicyclic) bond motifs is 2. The van der Waals surface area contributed by atoms with Gasteiger partial charge in [-0.3, -0.25) is 9.59 Å². The van der Waals surface area contributed by atoms with Gasteiger partial charge >= 0.3 is 17.8 Å². The summed E-state index contributed by atoms with van der Waals surface area (Å²) in [5.41, 5.74) is 0.763. The Hall–Kier alpha value is -3.09. The Labute approximate surface area is 144 Å². The van der Waals surface area contributed by atoms with Gasteiger partial charge in [-0.2, -0.15) is 0 Å². The number of amides is 4. The lowest BCUT2D eigenvalue weighted by atomic mass is 10.1. The van der Waals surface area contributed by atoms with E-state index in [0.717, 1.165) is 16.5 Å². The second-order valence-electron chi connectivity index (χ2n) is 6.27. The molecule has 0 unspecified atom stereocenters. The van der Waals surface area contributed by atoms with E-state index in [-0.39, 0.29) is 12.1 Å². The molecule has 25 heavy (non-hydrogen) atoms. The van der Waals surface area contributed by atoms with Crippen molar-refractivity contribution in [3.8, 4) is 0 Å². The molecular formula is C18H18N4O3. The molecule has 7 heteroatoms. The Balaban J connectivity index is 1.49. The lowest BCUT2D eigenvalue weighted by molar-refractivity contribution is -0.152. The minimum Gasteiger partial charge on any atom is -0.346 e. The third-order valence-corrected chi connectivity index (χ3v) is 4.75. The molecule has 0 bridgehead atoms. The lowest BCUT2D eigenvalue weighted by Crippen LogP contribution is -2.66. The van der Waals surface area contributed by atoms with E-state index >= 15 is 0 Å². The van der Waals surface area contributed by atoms with Crippen molar-refractivity contribution >= 4 is 34.3 Å². The van der Waals surface area contributed by atoms with Crippen molar-refractivity contribution in [3.63, 3.8) is 0 Å². The van der Waals surface area contributed by atoms with E-state index in [9.17, 15) is 14.4 Å². The number of piperazine rings is 2. The van der Waals surface area contributed by atoms with Gasteiger partial charge in [-0.25, -0.2) is 4.79 Å². The molecule has 2 aromatic carbocycles. The van der Waals surface area contributed by atoms with Crippen LogP contribution in [0.5, 0.6) is 0 Å². The topological polar surface area (TPSA) is 81.8 Å². The van der Waals surface area contributed by atoms with Gasteiger partial charge in [-0.15, -0.1) is 0 Å². The summed E-state index contributed by atoms with van der Waals surface area (Å²) in [4.78, 5) is 39.2. The van der Waals surface area contributed by atoms with Crippen LogP contribution in [-0.4, -0.2) is 59.9 Å². The SMILES string of the molecule is O=C1NC[C@H]2CN(C(=O)Nc3cccc4ccccc34)CCN2C1=O. The molecule has 7 nitrogen and oxygen atoms in total. The lowest BCUT2D eigenvalue weighted by Gasteiger charge is -2.43. The first-order valence-electron chi connectivity index (χ1n) is 8.26. The highest BCUT2D eigenvalue weighted by Crippen LogP contribution is 2.23. The van der Waals surface area contributed by atoms with Gasteiger partial charge < -0.3 is 20.4 Å². The van der Waals surface area contributed by atoms with E-state index < -0.39 is 11.8 Å². The summed E-state index contributed by atoms with van der Waals surface area (Å²) in [6.07, 6.45) is 0. The number of carbonyl (C=O) groups is 3. The van der Waals surface area contributed by atoms with Crippen molar-refractivity contribution in [2.75, 3.05) is 31.5 Å². The molecule has 2 saturated heterocycles. The number of benzene rings is 2. The molecule has 128 valence electrons. The van der Waals surface area contributed by atoms with Crippen molar-refractivity contribution in [2.24, 2.45) is 0 Å². The van der Waals surface area contributed by atoms with E-state index in [4.69, 9.17) is 0 Å². The van der Waals surface area contributed by atoms with Crippen LogP contribution in [0, 0.1) is 0 Å². The first kappa shape index (κ1) is 15.4. The van der Waals surface area contributed by atoms with Crippen molar-refractivity contribution in [1.82, 2.24) is 15.1 Å². The average Bonchev–Trinajstić information content (AvgIpc) is 2.65. The second kappa shape index (κ2) is 6.08. The van der Waals surface area contributed by atoms with Crippen molar-refractivity contribution in [1.29, 1.82) is 0 Å². The van der Waals surface area contributed by atoms with Gasteiger partial charge in [0.25, 0.3) is 0 Å². The molecule has 0 spiro atoms. The summed E-state index contributed by atoms with van der Waals surface area (Å²) in [6.45, 7) is 1.57. The fourth-order valence-corrected chi connectivity index (χ4v) is 3.43. The summed E-state index contributed by atoms with van der Waals surface area (Å²) >= 11 is 0. The van der Waals surface area contributed by atoms with Gasteiger partial charge in [0, 0.05) is 31.6 Å². The molecular weight excluding hydrogens is 320 g/mol. The maximum atomic E-state index is 12.7. The van der Waals surface area contributed by atoms with E-state index in [1.807, 2.05) is 42.5 Å². The zero-order valence-electron chi connectivity index (χ0n) is 13.6. The average molecular weight is 338 g/mol. The zero-order chi connectivity index (χ0) is 17.4. The molecule has 2 aliphatic rings. The molecule has 4 amide bonds. The maximum Gasteiger partial charge on any atom is 0.321 e. The molecule has 2 fully saturated rings. The number of hydrogen-bond donors (Lipinski definition) is 2.